The Balaban J connectivity index is 3.38. The number of hydrogen-bond acceptors (Lipinski definition) is 3. The van der Waals surface area contributed by atoms with Gasteiger partial charge in [-0.2, -0.15) is 0 Å². The summed E-state index contributed by atoms with van der Waals surface area (Å²) in [4.78, 5) is 12.4. The third kappa shape index (κ3) is 9.86. The topological polar surface area (TPSA) is 60.8 Å². The average molecular weight is 301 g/mol. The Morgan fingerprint density at radius 2 is 1.29 bits per heavy atom. The van der Waals surface area contributed by atoms with Gasteiger partial charge < -0.3 is 10.2 Å². The number of carboxylic acids is 1. The number of aliphatic carboxylic acids is 1. The van der Waals surface area contributed by atoms with E-state index in [1.807, 2.05) is 0 Å². The molecule has 0 heterocycles. The van der Waals surface area contributed by atoms with E-state index in [4.69, 9.17) is 5.11 Å². The number of hydrogen-bond donors (Lipinski definition) is 2. The maximum absolute atomic E-state index is 10.9. The van der Waals surface area contributed by atoms with Gasteiger partial charge in [-0.1, -0.05) is 71.1 Å². The van der Waals surface area contributed by atoms with Crippen molar-refractivity contribution >= 4 is 5.97 Å². The molecule has 0 amide bonds. The molecule has 0 aromatic heterocycles. The van der Waals surface area contributed by atoms with Crippen LogP contribution in [0, 0.1) is 0 Å². The molecule has 0 rings (SSSR count). The molecule has 0 fully saturated rings. The van der Waals surface area contributed by atoms with Gasteiger partial charge in [0.1, 0.15) is 0 Å². The predicted octanol–water partition coefficient (Wildman–Crippen LogP) is 4.02. The van der Waals surface area contributed by atoms with E-state index in [2.05, 4.69) is 6.92 Å². The van der Waals surface area contributed by atoms with Gasteiger partial charge in [0.25, 0.3) is 0 Å². The van der Waals surface area contributed by atoms with Crippen molar-refractivity contribution in [1.29, 1.82) is 0 Å². The average Bonchev–Trinajstić information content (AvgIpc) is 2.44. The number of likely N-dealkylation sites (N-methyl/N-ethyl adjacent to an activating group) is 1. The van der Waals surface area contributed by atoms with E-state index in [1.165, 1.54) is 69.6 Å². The van der Waals surface area contributed by atoms with Gasteiger partial charge in [-0.3, -0.25) is 4.90 Å². The Morgan fingerprint density at radius 1 is 0.905 bits per heavy atom. The zero-order valence-corrected chi connectivity index (χ0v) is 14.2. The highest BCUT2D eigenvalue weighted by Crippen LogP contribution is 2.13. The summed E-state index contributed by atoms with van der Waals surface area (Å²) >= 11 is 0. The second-order valence-corrected chi connectivity index (χ2v) is 6.28. The molecule has 1 atom stereocenters. The summed E-state index contributed by atoms with van der Waals surface area (Å²) < 4.78 is 0. The van der Waals surface area contributed by atoms with Crippen LogP contribution in [0.1, 0.15) is 84.5 Å². The smallest absolute Gasteiger partial charge is 0.351 e. The first kappa shape index (κ1) is 20.4. The lowest BCUT2D eigenvalue weighted by Crippen LogP contribution is -2.50. The van der Waals surface area contributed by atoms with Crippen LogP contribution < -0.4 is 0 Å². The number of unbranched alkanes of at least 4 members (excludes halogenated alkanes) is 10. The van der Waals surface area contributed by atoms with E-state index in [0.29, 0.717) is 6.54 Å². The quantitative estimate of drug-likeness (QED) is 0.376. The van der Waals surface area contributed by atoms with Crippen molar-refractivity contribution in [3.05, 3.63) is 0 Å². The van der Waals surface area contributed by atoms with Crippen molar-refractivity contribution in [1.82, 2.24) is 4.90 Å². The molecule has 21 heavy (non-hydrogen) atoms. The lowest BCUT2D eigenvalue weighted by Gasteiger charge is -2.29. The van der Waals surface area contributed by atoms with Crippen molar-refractivity contribution in [2.75, 3.05) is 13.6 Å². The van der Waals surface area contributed by atoms with Crippen LogP contribution in [0.25, 0.3) is 0 Å². The Hall–Kier alpha value is -0.610. The Morgan fingerprint density at radius 3 is 1.67 bits per heavy atom. The fourth-order valence-electron chi connectivity index (χ4n) is 2.39. The molecule has 4 nitrogen and oxygen atoms in total. The minimum atomic E-state index is -1.75. The van der Waals surface area contributed by atoms with Gasteiger partial charge in [0, 0.05) is 6.54 Å². The Labute approximate surface area is 130 Å². The van der Waals surface area contributed by atoms with Crippen molar-refractivity contribution in [2.45, 2.75) is 90.2 Å². The molecular formula is C17H35NO3. The van der Waals surface area contributed by atoms with Crippen molar-refractivity contribution < 1.29 is 15.0 Å². The molecule has 0 radical (unpaired) electrons. The van der Waals surface area contributed by atoms with E-state index in [-0.39, 0.29) is 0 Å². The van der Waals surface area contributed by atoms with Crippen LogP contribution in [0.5, 0.6) is 0 Å². The summed E-state index contributed by atoms with van der Waals surface area (Å²) in [6.07, 6.45) is 14.0. The van der Waals surface area contributed by atoms with Crippen LogP contribution in [0.15, 0.2) is 0 Å². The predicted molar refractivity (Wildman–Crippen MR) is 87.4 cm³/mol. The summed E-state index contributed by atoms with van der Waals surface area (Å²) in [6, 6.07) is 0. The normalized spacial score (nSPS) is 14.3. The summed E-state index contributed by atoms with van der Waals surface area (Å²) in [5.74, 6) is -1.19. The van der Waals surface area contributed by atoms with Gasteiger partial charge in [-0.15, -0.1) is 0 Å². The Bertz CT molecular complexity index is 267. The molecular weight excluding hydrogens is 266 g/mol. The van der Waals surface area contributed by atoms with Crippen molar-refractivity contribution in [2.24, 2.45) is 0 Å². The third-order valence-electron chi connectivity index (χ3n) is 4.25. The maximum atomic E-state index is 10.9. The lowest BCUT2D eigenvalue weighted by atomic mass is 10.1. The van der Waals surface area contributed by atoms with Gasteiger partial charge in [-0.25, -0.2) is 4.79 Å². The summed E-state index contributed by atoms with van der Waals surface area (Å²) in [6.45, 7) is 4.19. The van der Waals surface area contributed by atoms with Crippen molar-refractivity contribution in [3.63, 3.8) is 0 Å². The highest BCUT2D eigenvalue weighted by atomic mass is 16.4. The molecule has 0 aromatic carbocycles. The monoisotopic (exact) mass is 301 g/mol. The number of nitrogens with zero attached hydrogens (tertiary/aromatic N) is 1. The zero-order chi connectivity index (χ0) is 16.1. The van der Waals surface area contributed by atoms with E-state index < -0.39 is 11.7 Å². The summed E-state index contributed by atoms with van der Waals surface area (Å²) in [5, 5.41) is 18.6. The number of aliphatic hydroxyl groups is 1. The van der Waals surface area contributed by atoms with E-state index in [1.54, 1.807) is 7.05 Å². The first-order valence-corrected chi connectivity index (χ1v) is 8.60. The summed E-state index contributed by atoms with van der Waals surface area (Å²) in [5.41, 5.74) is -1.75. The molecule has 0 spiro atoms. The second-order valence-electron chi connectivity index (χ2n) is 6.28. The minimum absolute atomic E-state index is 0.621. The van der Waals surface area contributed by atoms with E-state index in [0.717, 1.165) is 12.8 Å². The fraction of sp³-hybridized carbons (Fsp3) is 0.941. The molecule has 1 unspecified atom stereocenters. The summed E-state index contributed by atoms with van der Waals surface area (Å²) in [7, 11) is 1.66. The highest BCUT2D eigenvalue weighted by molar-refractivity contribution is 5.75. The van der Waals surface area contributed by atoms with Crippen LogP contribution in [-0.2, 0) is 4.79 Å². The standard InChI is InChI=1S/C17H35NO3/c1-4-5-6-7-8-9-10-11-12-13-14-15-18(3)17(2,21)16(19)20/h21H,4-15H2,1-3H3,(H,19,20). The maximum Gasteiger partial charge on any atom is 0.351 e. The minimum Gasteiger partial charge on any atom is -0.478 e. The fourth-order valence-corrected chi connectivity index (χ4v) is 2.39. The molecule has 0 saturated carbocycles. The molecule has 126 valence electrons. The first-order valence-electron chi connectivity index (χ1n) is 8.60. The molecule has 0 aliphatic heterocycles. The van der Waals surface area contributed by atoms with Gasteiger partial charge in [0.2, 0.25) is 5.72 Å². The lowest BCUT2D eigenvalue weighted by molar-refractivity contribution is -0.176. The molecule has 0 aromatic rings. The second kappa shape index (κ2) is 12.0. The van der Waals surface area contributed by atoms with Gasteiger partial charge in [-0.05, 0) is 20.4 Å². The van der Waals surface area contributed by atoms with Crippen LogP contribution in [0.2, 0.25) is 0 Å². The van der Waals surface area contributed by atoms with Crippen LogP contribution >= 0.6 is 0 Å². The molecule has 0 saturated heterocycles. The first-order chi connectivity index (χ1) is 9.92. The van der Waals surface area contributed by atoms with Gasteiger partial charge in [0.15, 0.2) is 0 Å². The molecule has 0 aliphatic carbocycles. The number of carboxylic acid groups (broad SMARTS) is 1. The number of rotatable bonds is 14. The van der Waals surface area contributed by atoms with E-state index in [9.17, 15) is 9.90 Å². The number of carbonyl (C=O) groups is 1. The van der Waals surface area contributed by atoms with Crippen LogP contribution in [0.3, 0.4) is 0 Å². The molecule has 0 aliphatic rings. The zero-order valence-electron chi connectivity index (χ0n) is 14.2. The largest absolute Gasteiger partial charge is 0.478 e. The Kier molecular flexibility index (Phi) is 11.6. The third-order valence-corrected chi connectivity index (χ3v) is 4.25. The van der Waals surface area contributed by atoms with Crippen LogP contribution in [0.4, 0.5) is 0 Å². The van der Waals surface area contributed by atoms with Crippen LogP contribution in [-0.4, -0.2) is 40.4 Å². The highest BCUT2D eigenvalue weighted by Gasteiger charge is 2.34. The SMILES string of the molecule is CCCCCCCCCCCCCN(C)C(C)(O)C(=O)O. The molecule has 2 N–H and O–H groups in total. The van der Waals surface area contributed by atoms with Gasteiger partial charge in [0.05, 0.1) is 0 Å². The van der Waals surface area contributed by atoms with E-state index >= 15 is 0 Å². The molecule has 0 bridgehead atoms. The van der Waals surface area contributed by atoms with Gasteiger partial charge >= 0.3 is 5.97 Å². The molecule has 4 heteroatoms. The van der Waals surface area contributed by atoms with Crippen molar-refractivity contribution in [3.8, 4) is 0 Å².